The number of nitrogens with one attached hydrogen (secondary N) is 1. The van der Waals surface area contributed by atoms with Crippen LogP contribution in [0.2, 0.25) is 5.28 Å². The van der Waals surface area contributed by atoms with Gasteiger partial charge in [0.15, 0.2) is 6.61 Å². The van der Waals surface area contributed by atoms with Gasteiger partial charge in [-0.1, -0.05) is 0 Å². The maximum atomic E-state index is 11.9. The second-order valence-corrected chi connectivity index (χ2v) is 3.75. The van der Waals surface area contributed by atoms with Crippen molar-refractivity contribution in [3.05, 3.63) is 5.28 Å². The van der Waals surface area contributed by atoms with E-state index in [-0.39, 0.29) is 17.3 Å². The number of hydrogen-bond donors (Lipinski definition) is 1. The van der Waals surface area contributed by atoms with Gasteiger partial charge < -0.3 is 10.1 Å². The van der Waals surface area contributed by atoms with Gasteiger partial charge in [0.2, 0.25) is 11.2 Å². The Labute approximate surface area is 100 Å². The molecule has 0 unspecified atom stereocenters. The van der Waals surface area contributed by atoms with Gasteiger partial charge in [-0.15, -0.1) is 0 Å². The lowest BCUT2D eigenvalue weighted by Crippen LogP contribution is -2.21. The highest BCUT2D eigenvalue weighted by molar-refractivity contribution is 6.28. The van der Waals surface area contributed by atoms with Crippen LogP contribution in [-0.4, -0.2) is 33.8 Å². The number of nitrogens with zero attached hydrogens (tertiary/aromatic N) is 3. The SMILES string of the molecule is CC(C)Nc1nc(Cl)nc(OCC(F)(F)F)n1. The van der Waals surface area contributed by atoms with E-state index < -0.39 is 18.8 Å². The highest BCUT2D eigenvalue weighted by Crippen LogP contribution is 2.17. The van der Waals surface area contributed by atoms with Crippen molar-refractivity contribution in [3.63, 3.8) is 0 Å². The van der Waals surface area contributed by atoms with Gasteiger partial charge >= 0.3 is 12.2 Å². The predicted octanol–water partition coefficient (Wildman–Crippen LogP) is 2.29. The van der Waals surface area contributed by atoms with E-state index in [4.69, 9.17) is 11.6 Å². The summed E-state index contributed by atoms with van der Waals surface area (Å²) in [4.78, 5) is 10.8. The molecule has 1 aromatic heterocycles. The lowest BCUT2D eigenvalue weighted by atomic mass is 10.4. The first-order valence-electron chi connectivity index (χ1n) is 4.64. The summed E-state index contributed by atoms with van der Waals surface area (Å²) in [6.07, 6.45) is -4.45. The van der Waals surface area contributed by atoms with Crippen molar-refractivity contribution in [3.8, 4) is 6.01 Å². The fourth-order valence-corrected chi connectivity index (χ4v) is 1.02. The van der Waals surface area contributed by atoms with Crippen molar-refractivity contribution in [2.24, 2.45) is 0 Å². The molecule has 0 aliphatic heterocycles. The number of halogens is 4. The first-order valence-corrected chi connectivity index (χ1v) is 5.02. The van der Waals surface area contributed by atoms with E-state index in [2.05, 4.69) is 25.0 Å². The number of rotatable bonds is 4. The van der Waals surface area contributed by atoms with E-state index in [9.17, 15) is 13.2 Å². The van der Waals surface area contributed by atoms with E-state index in [0.717, 1.165) is 0 Å². The zero-order valence-corrected chi connectivity index (χ0v) is 9.80. The van der Waals surface area contributed by atoms with Crippen LogP contribution in [0.3, 0.4) is 0 Å². The lowest BCUT2D eigenvalue weighted by Gasteiger charge is -2.10. The Morgan fingerprint density at radius 1 is 1.29 bits per heavy atom. The summed E-state index contributed by atoms with van der Waals surface area (Å²) in [5, 5.41) is 2.54. The van der Waals surface area contributed by atoms with Gasteiger partial charge in [0.1, 0.15) is 0 Å². The summed E-state index contributed by atoms with van der Waals surface area (Å²) < 4.78 is 40.1. The maximum Gasteiger partial charge on any atom is 0.422 e. The van der Waals surface area contributed by atoms with Crippen LogP contribution in [0.4, 0.5) is 19.1 Å². The molecule has 0 radical (unpaired) electrons. The van der Waals surface area contributed by atoms with Crippen molar-refractivity contribution in [1.82, 2.24) is 15.0 Å². The predicted molar refractivity (Wildman–Crippen MR) is 55.1 cm³/mol. The number of ether oxygens (including phenoxy) is 1. The highest BCUT2D eigenvalue weighted by atomic mass is 35.5. The average Bonchev–Trinajstić information content (AvgIpc) is 2.11. The van der Waals surface area contributed by atoms with Crippen LogP contribution in [0.25, 0.3) is 0 Å². The second-order valence-electron chi connectivity index (χ2n) is 3.41. The third kappa shape index (κ3) is 5.53. The Kier molecular flexibility index (Phi) is 4.33. The van der Waals surface area contributed by atoms with E-state index >= 15 is 0 Å². The quantitative estimate of drug-likeness (QED) is 0.909. The van der Waals surface area contributed by atoms with Crippen molar-refractivity contribution < 1.29 is 17.9 Å². The molecule has 0 amide bonds. The molecule has 0 atom stereocenters. The number of anilines is 1. The highest BCUT2D eigenvalue weighted by Gasteiger charge is 2.29. The van der Waals surface area contributed by atoms with Crippen LogP contribution < -0.4 is 10.1 Å². The van der Waals surface area contributed by atoms with Gasteiger partial charge in [-0.05, 0) is 25.4 Å². The summed E-state index contributed by atoms with van der Waals surface area (Å²) >= 11 is 5.52. The van der Waals surface area contributed by atoms with Crippen molar-refractivity contribution in [2.75, 3.05) is 11.9 Å². The summed E-state index contributed by atoms with van der Waals surface area (Å²) in [5.41, 5.74) is 0. The zero-order valence-electron chi connectivity index (χ0n) is 9.05. The lowest BCUT2D eigenvalue weighted by molar-refractivity contribution is -0.154. The Balaban J connectivity index is 2.75. The standard InChI is InChI=1S/C8H10ClF3N4O/c1-4(2)13-6-14-5(9)15-7(16-6)17-3-8(10,11)12/h4H,3H2,1-2H3,(H,13,14,15,16). The Morgan fingerprint density at radius 2 is 1.94 bits per heavy atom. The number of alkyl halides is 3. The molecule has 1 heterocycles. The molecule has 0 saturated heterocycles. The van der Waals surface area contributed by atoms with Gasteiger partial charge in [-0.25, -0.2) is 0 Å². The van der Waals surface area contributed by atoms with Crippen molar-refractivity contribution >= 4 is 17.5 Å². The van der Waals surface area contributed by atoms with Gasteiger partial charge in [-0.2, -0.15) is 28.1 Å². The molecular formula is C8H10ClF3N4O. The molecular weight excluding hydrogens is 261 g/mol. The molecule has 96 valence electrons. The fourth-order valence-electron chi connectivity index (χ4n) is 0.866. The van der Waals surface area contributed by atoms with Crippen LogP contribution in [0.5, 0.6) is 6.01 Å². The third-order valence-electron chi connectivity index (χ3n) is 1.37. The number of hydrogen-bond acceptors (Lipinski definition) is 5. The van der Waals surface area contributed by atoms with Crippen LogP contribution in [0.1, 0.15) is 13.8 Å². The molecule has 0 spiro atoms. The molecule has 5 nitrogen and oxygen atoms in total. The maximum absolute atomic E-state index is 11.9. The first-order chi connectivity index (χ1) is 7.76. The zero-order chi connectivity index (χ0) is 13.1. The molecule has 0 bridgehead atoms. The van der Waals surface area contributed by atoms with E-state index in [0.29, 0.717) is 0 Å². The Morgan fingerprint density at radius 3 is 2.47 bits per heavy atom. The molecule has 1 aromatic rings. The van der Waals surface area contributed by atoms with Gasteiger partial charge in [0, 0.05) is 6.04 Å². The summed E-state index contributed by atoms with van der Waals surface area (Å²) in [5.74, 6) is 0.0668. The van der Waals surface area contributed by atoms with Crippen molar-refractivity contribution in [1.29, 1.82) is 0 Å². The molecule has 17 heavy (non-hydrogen) atoms. The van der Waals surface area contributed by atoms with E-state index in [1.807, 2.05) is 13.8 Å². The normalized spacial score (nSPS) is 11.7. The topological polar surface area (TPSA) is 59.9 Å². The largest absolute Gasteiger partial charge is 0.454 e. The average molecular weight is 271 g/mol. The molecule has 0 aliphatic rings. The smallest absolute Gasteiger partial charge is 0.422 e. The number of aromatic nitrogens is 3. The van der Waals surface area contributed by atoms with Crippen LogP contribution in [0.15, 0.2) is 0 Å². The summed E-state index contributed by atoms with van der Waals surface area (Å²) in [6.45, 7) is 2.15. The molecule has 9 heteroatoms. The van der Waals surface area contributed by atoms with Crippen molar-refractivity contribution in [2.45, 2.75) is 26.1 Å². The molecule has 1 rings (SSSR count). The first kappa shape index (κ1) is 13.8. The summed E-state index contributed by atoms with van der Waals surface area (Å²) in [7, 11) is 0. The van der Waals surface area contributed by atoms with Crippen LogP contribution >= 0.6 is 11.6 Å². The third-order valence-corrected chi connectivity index (χ3v) is 1.54. The van der Waals surface area contributed by atoms with Gasteiger partial charge in [0.25, 0.3) is 0 Å². The second kappa shape index (κ2) is 5.35. The van der Waals surface area contributed by atoms with E-state index in [1.165, 1.54) is 0 Å². The molecule has 1 N–H and O–H groups in total. The molecule has 0 aromatic carbocycles. The summed E-state index contributed by atoms with van der Waals surface area (Å²) in [6, 6.07) is -0.464. The minimum Gasteiger partial charge on any atom is -0.454 e. The van der Waals surface area contributed by atoms with Gasteiger partial charge in [0.05, 0.1) is 0 Å². The van der Waals surface area contributed by atoms with Crippen LogP contribution in [-0.2, 0) is 0 Å². The fraction of sp³-hybridized carbons (Fsp3) is 0.625. The Hall–Kier alpha value is -1.31. The minimum absolute atomic E-state index is 0.00364. The van der Waals surface area contributed by atoms with Gasteiger partial charge in [-0.3, -0.25) is 0 Å². The minimum atomic E-state index is -4.45. The molecule has 0 aliphatic carbocycles. The Bertz CT molecular complexity index is 386. The van der Waals surface area contributed by atoms with E-state index in [1.54, 1.807) is 0 Å². The monoisotopic (exact) mass is 270 g/mol. The molecule has 0 fully saturated rings. The van der Waals surface area contributed by atoms with Crippen LogP contribution in [0, 0.1) is 0 Å². The molecule has 0 saturated carbocycles.